The van der Waals surface area contributed by atoms with Gasteiger partial charge in [0.05, 0.1) is 16.2 Å². The first-order valence-electron chi connectivity index (χ1n) is 6.55. The van der Waals surface area contributed by atoms with Gasteiger partial charge in [0.15, 0.2) is 5.69 Å². The number of carbonyl (C=O) groups is 1. The fourth-order valence-corrected chi connectivity index (χ4v) is 2.86. The van der Waals surface area contributed by atoms with Crippen LogP contribution >= 0.6 is 22.9 Å². The molecule has 2 N–H and O–H groups in total. The Balaban J connectivity index is 2.06. The summed E-state index contributed by atoms with van der Waals surface area (Å²) in [7, 11) is 0. The molecule has 0 saturated heterocycles. The largest absolute Gasteiger partial charge is 0.476 e. The Bertz CT molecular complexity index is 643. The van der Waals surface area contributed by atoms with Crippen molar-refractivity contribution in [3.63, 3.8) is 0 Å². The van der Waals surface area contributed by atoms with Gasteiger partial charge in [0.1, 0.15) is 5.82 Å². The van der Waals surface area contributed by atoms with Crippen LogP contribution in [0.5, 0.6) is 0 Å². The molecule has 0 atom stereocenters. The van der Waals surface area contributed by atoms with Crippen LogP contribution in [-0.4, -0.2) is 27.6 Å². The first-order chi connectivity index (χ1) is 9.97. The van der Waals surface area contributed by atoms with Crippen molar-refractivity contribution in [3.8, 4) is 0 Å². The average Bonchev–Trinajstić information content (AvgIpc) is 2.84. The molecule has 0 aliphatic rings. The maximum absolute atomic E-state index is 11.3. The number of hydrogen-bond acceptors (Lipinski definition) is 5. The number of thiophene rings is 1. The molecule has 2 aromatic heterocycles. The molecule has 0 radical (unpaired) electrons. The molecule has 0 spiro atoms. The normalized spacial score (nSPS) is 10.9. The van der Waals surface area contributed by atoms with Gasteiger partial charge in [0.25, 0.3) is 0 Å². The Morgan fingerprint density at radius 1 is 1.48 bits per heavy atom. The van der Waals surface area contributed by atoms with Crippen LogP contribution < -0.4 is 5.32 Å². The molecule has 7 heteroatoms. The fourth-order valence-electron chi connectivity index (χ4n) is 1.77. The second-order valence-corrected chi connectivity index (χ2v) is 6.63. The average molecular weight is 326 g/mol. The summed E-state index contributed by atoms with van der Waals surface area (Å²) in [6, 6.07) is 3.82. The van der Waals surface area contributed by atoms with Gasteiger partial charge in [-0.3, -0.25) is 0 Å². The van der Waals surface area contributed by atoms with Crippen molar-refractivity contribution in [2.24, 2.45) is 0 Å². The number of nitrogens with zero attached hydrogens (tertiary/aromatic N) is 2. The molecule has 0 saturated carbocycles. The highest BCUT2D eigenvalue weighted by Crippen LogP contribution is 2.22. The third-order valence-electron chi connectivity index (χ3n) is 2.84. The molecule has 112 valence electrons. The highest BCUT2D eigenvalue weighted by Gasteiger charge is 2.15. The van der Waals surface area contributed by atoms with Crippen molar-refractivity contribution in [1.29, 1.82) is 0 Å². The third-order valence-corrected chi connectivity index (χ3v) is 4.13. The number of halogens is 1. The van der Waals surface area contributed by atoms with Crippen LogP contribution in [0, 0.1) is 0 Å². The van der Waals surface area contributed by atoms with E-state index in [1.165, 1.54) is 17.5 Å². The Morgan fingerprint density at radius 3 is 2.81 bits per heavy atom. The SMILES string of the molecule is CC(C)c1ncc(NCCc2ccc(Cl)s2)c(C(=O)O)n1. The maximum atomic E-state index is 11.3. The van der Waals surface area contributed by atoms with E-state index in [-0.39, 0.29) is 11.6 Å². The van der Waals surface area contributed by atoms with Gasteiger partial charge < -0.3 is 10.4 Å². The minimum absolute atomic E-state index is 0.0120. The number of carboxylic acid groups (broad SMARTS) is 1. The molecule has 0 bridgehead atoms. The molecular formula is C14H16ClN3O2S. The van der Waals surface area contributed by atoms with Crippen LogP contribution in [0.1, 0.15) is 41.0 Å². The van der Waals surface area contributed by atoms with Crippen LogP contribution in [0.25, 0.3) is 0 Å². The molecule has 0 amide bonds. The molecule has 0 unspecified atom stereocenters. The van der Waals surface area contributed by atoms with Gasteiger partial charge >= 0.3 is 5.97 Å². The lowest BCUT2D eigenvalue weighted by Gasteiger charge is -2.10. The molecule has 0 aliphatic heterocycles. The summed E-state index contributed by atoms with van der Waals surface area (Å²) >= 11 is 7.39. The number of nitrogens with one attached hydrogen (secondary N) is 1. The Morgan fingerprint density at radius 2 is 2.24 bits per heavy atom. The summed E-state index contributed by atoms with van der Waals surface area (Å²) in [5.41, 5.74) is 0.451. The van der Waals surface area contributed by atoms with E-state index in [1.807, 2.05) is 26.0 Å². The van der Waals surface area contributed by atoms with Gasteiger partial charge in [0.2, 0.25) is 0 Å². The van der Waals surface area contributed by atoms with E-state index < -0.39 is 5.97 Å². The summed E-state index contributed by atoms with van der Waals surface area (Å²) in [5, 5.41) is 12.3. The molecule has 2 heterocycles. The van der Waals surface area contributed by atoms with Crippen LogP contribution in [0.4, 0.5) is 5.69 Å². The molecule has 0 aliphatic carbocycles. The van der Waals surface area contributed by atoms with Crippen molar-refractivity contribution in [2.75, 3.05) is 11.9 Å². The lowest BCUT2D eigenvalue weighted by molar-refractivity contribution is 0.0691. The van der Waals surface area contributed by atoms with Crippen molar-refractivity contribution in [2.45, 2.75) is 26.2 Å². The minimum atomic E-state index is -1.05. The van der Waals surface area contributed by atoms with Gasteiger partial charge in [0, 0.05) is 17.3 Å². The van der Waals surface area contributed by atoms with E-state index in [0.717, 1.165) is 15.6 Å². The number of carboxylic acids is 1. The van der Waals surface area contributed by atoms with Crippen molar-refractivity contribution in [3.05, 3.63) is 39.1 Å². The lowest BCUT2D eigenvalue weighted by atomic mass is 10.2. The van der Waals surface area contributed by atoms with E-state index >= 15 is 0 Å². The fraction of sp³-hybridized carbons (Fsp3) is 0.357. The predicted octanol–water partition coefficient (Wildman–Crippen LogP) is 3.67. The first-order valence-corrected chi connectivity index (χ1v) is 7.75. The number of hydrogen-bond donors (Lipinski definition) is 2. The summed E-state index contributed by atoms with van der Waals surface area (Å²) in [4.78, 5) is 20.7. The lowest BCUT2D eigenvalue weighted by Crippen LogP contribution is -2.13. The summed E-state index contributed by atoms with van der Waals surface area (Å²) < 4.78 is 0.751. The van der Waals surface area contributed by atoms with Crippen LogP contribution in [-0.2, 0) is 6.42 Å². The van der Waals surface area contributed by atoms with Crippen molar-refractivity contribution < 1.29 is 9.90 Å². The highest BCUT2D eigenvalue weighted by atomic mass is 35.5. The molecule has 21 heavy (non-hydrogen) atoms. The van der Waals surface area contributed by atoms with E-state index in [9.17, 15) is 9.90 Å². The maximum Gasteiger partial charge on any atom is 0.356 e. The van der Waals surface area contributed by atoms with E-state index in [1.54, 1.807) is 0 Å². The predicted molar refractivity (Wildman–Crippen MR) is 84.6 cm³/mol. The van der Waals surface area contributed by atoms with Crippen LogP contribution in [0.3, 0.4) is 0 Å². The zero-order valence-corrected chi connectivity index (χ0v) is 13.3. The number of anilines is 1. The quantitative estimate of drug-likeness (QED) is 0.847. The van der Waals surface area contributed by atoms with Gasteiger partial charge in [-0.05, 0) is 18.6 Å². The third kappa shape index (κ3) is 4.15. The Kier molecular flexibility index (Phi) is 5.14. The van der Waals surface area contributed by atoms with Crippen molar-refractivity contribution >= 4 is 34.6 Å². The number of rotatable bonds is 6. The molecular weight excluding hydrogens is 310 g/mol. The molecule has 5 nitrogen and oxygen atoms in total. The molecule has 0 fully saturated rings. The summed E-state index contributed by atoms with van der Waals surface area (Å²) in [5.74, 6) is -0.436. The van der Waals surface area contributed by atoms with E-state index in [4.69, 9.17) is 11.6 Å². The minimum Gasteiger partial charge on any atom is -0.476 e. The van der Waals surface area contributed by atoms with Crippen LogP contribution in [0.2, 0.25) is 4.34 Å². The monoisotopic (exact) mass is 325 g/mol. The molecule has 0 aromatic carbocycles. The topological polar surface area (TPSA) is 75.1 Å². The van der Waals surface area contributed by atoms with Crippen LogP contribution in [0.15, 0.2) is 18.3 Å². The second kappa shape index (κ2) is 6.87. The zero-order valence-electron chi connectivity index (χ0n) is 11.8. The summed E-state index contributed by atoms with van der Waals surface area (Å²) in [6.45, 7) is 4.45. The highest BCUT2D eigenvalue weighted by molar-refractivity contribution is 7.16. The van der Waals surface area contributed by atoms with Gasteiger partial charge in [-0.15, -0.1) is 11.3 Å². The van der Waals surface area contributed by atoms with Gasteiger partial charge in [-0.1, -0.05) is 25.4 Å². The first kappa shape index (κ1) is 15.7. The molecule has 2 aromatic rings. The molecule has 2 rings (SSSR count). The number of aromatic carboxylic acids is 1. The van der Waals surface area contributed by atoms with Gasteiger partial charge in [-0.2, -0.15) is 0 Å². The van der Waals surface area contributed by atoms with E-state index in [0.29, 0.717) is 18.1 Å². The van der Waals surface area contributed by atoms with Crippen molar-refractivity contribution in [1.82, 2.24) is 9.97 Å². The van der Waals surface area contributed by atoms with Gasteiger partial charge in [-0.25, -0.2) is 14.8 Å². The smallest absolute Gasteiger partial charge is 0.356 e. The zero-order chi connectivity index (χ0) is 15.4. The Labute approximate surface area is 132 Å². The second-order valence-electron chi connectivity index (χ2n) is 4.83. The Hall–Kier alpha value is -1.66. The number of aromatic nitrogens is 2. The van der Waals surface area contributed by atoms with E-state index in [2.05, 4.69) is 15.3 Å². The standard InChI is InChI=1S/C14H16ClN3O2S/c1-8(2)13-17-7-10(12(18-13)14(19)20)16-6-5-9-3-4-11(15)21-9/h3-4,7-8,16H,5-6H2,1-2H3,(H,19,20). The summed E-state index contributed by atoms with van der Waals surface area (Å²) in [6.07, 6.45) is 2.30.